The Bertz CT molecular complexity index is 1180. The number of benzene rings is 2. The molecule has 0 aromatic heterocycles. The second kappa shape index (κ2) is 12.9. The van der Waals surface area contributed by atoms with Crippen molar-refractivity contribution in [3.8, 4) is 5.75 Å². The fraction of sp³-hybridized carbons (Fsp3) is 0.423. The number of nitrogens with one attached hydrogen (secondary N) is 1. The summed E-state index contributed by atoms with van der Waals surface area (Å²) < 4.78 is 35.1. The van der Waals surface area contributed by atoms with Crippen molar-refractivity contribution >= 4 is 44.5 Å². The van der Waals surface area contributed by atoms with Crippen LogP contribution >= 0.6 is 11.8 Å². The number of rotatable bonds is 12. The van der Waals surface area contributed by atoms with Crippen LogP contribution in [0.25, 0.3) is 0 Å². The van der Waals surface area contributed by atoms with E-state index in [1.165, 1.54) is 29.9 Å². The Hall–Kier alpha value is -2.85. The summed E-state index contributed by atoms with van der Waals surface area (Å²) in [5, 5.41) is 2.13. The zero-order valence-corrected chi connectivity index (χ0v) is 22.5. The number of hydrogen-bond acceptors (Lipinski definition) is 6. The second-order valence-corrected chi connectivity index (χ2v) is 11.3. The van der Waals surface area contributed by atoms with E-state index in [0.717, 1.165) is 35.9 Å². The number of anilines is 1. The molecule has 1 fully saturated rings. The number of amides is 2. The third-order valence-electron chi connectivity index (χ3n) is 5.63. The topological polar surface area (TPSA) is 105 Å². The van der Waals surface area contributed by atoms with Crippen LogP contribution in [0.4, 0.5) is 5.69 Å². The molecule has 1 saturated heterocycles. The fourth-order valence-corrected chi connectivity index (χ4v) is 6.02. The van der Waals surface area contributed by atoms with E-state index in [1.807, 2.05) is 6.92 Å². The van der Waals surface area contributed by atoms with Gasteiger partial charge in [-0.2, -0.15) is 8.42 Å². The van der Waals surface area contributed by atoms with Crippen LogP contribution in [0.1, 0.15) is 51.5 Å². The SMILES string of the molecule is CCCCCCOc1ccc(NC(=O)CC2S/C(=N/S(=O)(=O)c3ccc(C)cc3)N(CC)C2=O)cc1. The lowest BCUT2D eigenvalue weighted by Crippen LogP contribution is -2.33. The molecule has 1 aliphatic rings. The summed E-state index contributed by atoms with van der Waals surface area (Å²) >= 11 is 0.998. The maximum atomic E-state index is 12.8. The van der Waals surface area contributed by atoms with E-state index in [4.69, 9.17) is 4.74 Å². The maximum Gasteiger partial charge on any atom is 0.284 e. The van der Waals surface area contributed by atoms with Gasteiger partial charge < -0.3 is 10.1 Å². The van der Waals surface area contributed by atoms with Crippen molar-refractivity contribution in [2.75, 3.05) is 18.5 Å². The van der Waals surface area contributed by atoms with E-state index in [-0.39, 0.29) is 34.8 Å². The van der Waals surface area contributed by atoms with Gasteiger partial charge in [0, 0.05) is 18.7 Å². The second-order valence-electron chi connectivity index (χ2n) is 8.54. The van der Waals surface area contributed by atoms with Gasteiger partial charge in [-0.25, -0.2) is 0 Å². The van der Waals surface area contributed by atoms with Crippen LogP contribution < -0.4 is 10.1 Å². The molecule has 1 N–H and O–H groups in total. The van der Waals surface area contributed by atoms with Gasteiger partial charge in [0.2, 0.25) is 11.8 Å². The Labute approximate surface area is 217 Å². The minimum absolute atomic E-state index is 0.0549. The summed E-state index contributed by atoms with van der Waals surface area (Å²) in [5.41, 5.74) is 1.52. The van der Waals surface area contributed by atoms with Crippen LogP contribution in [0.2, 0.25) is 0 Å². The van der Waals surface area contributed by atoms with E-state index < -0.39 is 15.3 Å². The smallest absolute Gasteiger partial charge is 0.284 e. The number of unbranched alkanes of at least 4 members (excludes halogenated alkanes) is 3. The monoisotopic (exact) mass is 531 g/mol. The van der Waals surface area contributed by atoms with E-state index in [0.29, 0.717) is 12.3 Å². The van der Waals surface area contributed by atoms with E-state index in [2.05, 4.69) is 16.6 Å². The Kier molecular flexibility index (Phi) is 9.95. The zero-order chi connectivity index (χ0) is 26.1. The molecule has 1 heterocycles. The number of hydrogen-bond donors (Lipinski definition) is 1. The summed E-state index contributed by atoms with van der Waals surface area (Å²) in [6.07, 6.45) is 4.42. The van der Waals surface area contributed by atoms with E-state index in [1.54, 1.807) is 43.3 Å². The van der Waals surface area contributed by atoms with Gasteiger partial charge in [0.1, 0.15) is 11.0 Å². The predicted octanol–water partition coefficient (Wildman–Crippen LogP) is 4.99. The van der Waals surface area contributed by atoms with Gasteiger partial charge >= 0.3 is 0 Å². The lowest BCUT2D eigenvalue weighted by molar-refractivity contribution is -0.128. The molecule has 194 valence electrons. The molecule has 2 amide bonds. The average Bonchev–Trinajstić information content (AvgIpc) is 3.13. The molecule has 1 atom stereocenters. The number of thioether (sulfide) groups is 1. The first-order chi connectivity index (χ1) is 17.2. The normalized spacial score (nSPS) is 17.0. The van der Waals surface area contributed by atoms with Crippen LogP contribution in [0.3, 0.4) is 0 Å². The number of carbonyl (C=O) groups excluding carboxylic acids is 2. The molecule has 2 aromatic rings. The van der Waals surface area contributed by atoms with Gasteiger partial charge in [-0.3, -0.25) is 14.5 Å². The van der Waals surface area contributed by atoms with Crippen molar-refractivity contribution in [1.82, 2.24) is 4.90 Å². The molecular formula is C26H33N3O5S2. The minimum Gasteiger partial charge on any atom is -0.494 e. The lowest BCUT2D eigenvalue weighted by atomic mass is 10.2. The molecule has 2 aromatic carbocycles. The fourth-order valence-electron chi connectivity index (χ4n) is 3.60. The van der Waals surface area contributed by atoms with Crippen molar-refractivity contribution in [3.63, 3.8) is 0 Å². The number of carbonyl (C=O) groups is 2. The molecule has 10 heteroatoms. The van der Waals surface area contributed by atoms with Crippen LogP contribution in [0, 0.1) is 6.92 Å². The first-order valence-corrected chi connectivity index (χ1v) is 14.5. The van der Waals surface area contributed by atoms with Crippen molar-refractivity contribution in [1.29, 1.82) is 0 Å². The number of aryl methyl sites for hydroxylation is 1. The highest BCUT2D eigenvalue weighted by molar-refractivity contribution is 8.16. The van der Waals surface area contributed by atoms with Gasteiger partial charge in [-0.15, -0.1) is 4.40 Å². The summed E-state index contributed by atoms with van der Waals surface area (Å²) in [4.78, 5) is 26.8. The maximum absolute atomic E-state index is 12.8. The van der Waals surface area contributed by atoms with Gasteiger partial charge in [0.05, 0.1) is 11.5 Å². The molecule has 8 nitrogen and oxygen atoms in total. The number of amidine groups is 1. The molecule has 0 spiro atoms. The Morgan fingerprint density at radius 3 is 2.39 bits per heavy atom. The van der Waals surface area contributed by atoms with Crippen molar-refractivity contribution in [2.24, 2.45) is 4.40 Å². The van der Waals surface area contributed by atoms with Crippen molar-refractivity contribution in [3.05, 3.63) is 54.1 Å². The first-order valence-electron chi connectivity index (χ1n) is 12.2. The Morgan fingerprint density at radius 1 is 1.06 bits per heavy atom. The highest BCUT2D eigenvalue weighted by Crippen LogP contribution is 2.31. The van der Waals surface area contributed by atoms with Crippen LogP contribution in [0.15, 0.2) is 57.8 Å². The van der Waals surface area contributed by atoms with Crippen LogP contribution in [-0.2, 0) is 19.6 Å². The molecule has 0 bridgehead atoms. The number of ether oxygens (including phenoxy) is 1. The molecule has 36 heavy (non-hydrogen) atoms. The van der Waals surface area contributed by atoms with Gasteiger partial charge in [0.15, 0.2) is 5.17 Å². The molecule has 1 aliphatic heterocycles. The van der Waals surface area contributed by atoms with Gasteiger partial charge in [-0.1, -0.05) is 55.6 Å². The first kappa shape index (κ1) is 27.7. The molecule has 1 unspecified atom stereocenters. The molecule has 0 aliphatic carbocycles. The van der Waals surface area contributed by atoms with Crippen molar-refractivity contribution < 1.29 is 22.7 Å². The molecule has 3 rings (SSSR count). The van der Waals surface area contributed by atoms with Gasteiger partial charge in [0.25, 0.3) is 10.0 Å². The van der Waals surface area contributed by atoms with E-state index in [9.17, 15) is 18.0 Å². The predicted molar refractivity (Wildman–Crippen MR) is 144 cm³/mol. The summed E-state index contributed by atoms with van der Waals surface area (Å²) in [5.74, 6) is 0.0651. The number of nitrogens with zero attached hydrogens (tertiary/aromatic N) is 2. The Morgan fingerprint density at radius 2 is 1.75 bits per heavy atom. The van der Waals surface area contributed by atoms with Gasteiger partial charge in [-0.05, 0) is 56.7 Å². The Balaban J connectivity index is 1.59. The summed E-state index contributed by atoms with van der Waals surface area (Å²) in [7, 11) is -3.98. The van der Waals surface area contributed by atoms with Crippen molar-refractivity contribution in [2.45, 2.75) is 63.0 Å². The summed E-state index contributed by atoms with van der Waals surface area (Å²) in [6.45, 7) is 6.68. The third kappa shape index (κ3) is 7.57. The molecule has 0 saturated carbocycles. The number of sulfonamides is 1. The standard InChI is InChI=1S/C26H33N3O5S2/c1-4-6-7-8-17-34-21-13-11-20(12-14-21)27-24(30)18-23-25(31)29(5-2)26(35-23)28-36(32,33)22-15-9-19(3)10-16-22/h9-16,23H,4-8,17-18H2,1-3H3,(H,27,30)/b28-26+. The largest absolute Gasteiger partial charge is 0.494 e. The van der Waals surface area contributed by atoms with Crippen LogP contribution in [0.5, 0.6) is 5.75 Å². The quantitative estimate of drug-likeness (QED) is 0.387. The minimum atomic E-state index is -3.98. The summed E-state index contributed by atoms with van der Waals surface area (Å²) in [6, 6.07) is 13.5. The highest BCUT2D eigenvalue weighted by atomic mass is 32.2. The zero-order valence-electron chi connectivity index (χ0n) is 20.9. The average molecular weight is 532 g/mol. The molecule has 0 radical (unpaired) electrons. The van der Waals surface area contributed by atoms with E-state index >= 15 is 0 Å². The highest BCUT2D eigenvalue weighted by Gasteiger charge is 2.39. The lowest BCUT2D eigenvalue weighted by Gasteiger charge is -2.13. The van der Waals surface area contributed by atoms with Crippen LogP contribution in [-0.4, -0.2) is 48.7 Å². The third-order valence-corrected chi connectivity index (χ3v) is 8.20. The molecular weight excluding hydrogens is 498 g/mol.